The number of fused-ring (bicyclic) bond motifs is 3. The Hall–Kier alpha value is -2.75. The third kappa shape index (κ3) is 4.67. The van der Waals surface area contributed by atoms with Crippen LogP contribution in [-0.2, 0) is 27.4 Å². The van der Waals surface area contributed by atoms with E-state index in [1.54, 1.807) is 17.2 Å². The number of benzene rings is 1. The molecule has 1 unspecified atom stereocenters. The zero-order chi connectivity index (χ0) is 25.2. The number of aromatic nitrogens is 3. The van der Waals surface area contributed by atoms with Crippen molar-refractivity contribution in [2.45, 2.75) is 45.3 Å². The van der Waals surface area contributed by atoms with Gasteiger partial charge in [0.1, 0.15) is 0 Å². The number of unbranched alkanes of at least 4 members (excludes halogenated alkanes) is 1. The molecule has 5 rings (SSSR count). The van der Waals surface area contributed by atoms with Crippen molar-refractivity contribution in [3.63, 3.8) is 0 Å². The topological polar surface area (TPSA) is 92.7 Å². The van der Waals surface area contributed by atoms with Crippen molar-refractivity contribution in [3.05, 3.63) is 40.3 Å². The molecule has 1 aromatic carbocycles. The van der Waals surface area contributed by atoms with Gasteiger partial charge < -0.3 is 23.8 Å². The Labute approximate surface area is 219 Å². The Balaban J connectivity index is 1.38. The number of morpholine rings is 1. The number of amides is 2. The summed E-state index contributed by atoms with van der Waals surface area (Å²) >= 11 is 13.0. The summed E-state index contributed by atoms with van der Waals surface area (Å²) in [5.41, 5.74) is 3.75. The Bertz CT molecular complexity index is 1260. The van der Waals surface area contributed by atoms with Gasteiger partial charge in [0.15, 0.2) is 0 Å². The largest absolute Gasteiger partial charge is 0.449 e. The molecule has 0 bridgehead atoms. The molecule has 9 nitrogen and oxygen atoms in total. The molecule has 4 heterocycles. The summed E-state index contributed by atoms with van der Waals surface area (Å²) in [6, 6.07) is 3.40. The number of carbonyl (C=O) groups excluding carboxylic acids is 2. The number of ether oxygens (including phenoxy) is 2. The number of nitrogens with zero attached hydrogens (tertiary/aromatic N) is 4. The van der Waals surface area contributed by atoms with Crippen LogP contribution in [0.3, 0.4) is 0 Å². The van der Waals surface area contributed by atoms with Crippen LogP contribution >= 0.6 is 23.2 Å². The third-order valence-corrected chi connectivity index (χ3v) is 7.69. The van der Waals surface area contributed by atoms with Crippen molar-refractivity contribution >= 4 is 46.1 Å². The molecule has 1 fully saturated rings. The first-order valence-corrected chi connectivity index (χ1v) is 13.0. The second-order valence-electron chi connectivity index (χ2n) is 9.13. The SMILES string of the molecule is CCCCOC(=O)N1CCOCC1CC(=O)N1CCn2c(c(-c3cn[nH]c3)c3ccc(Cl)c(Cl)c32)C1. The van der Waals surface area contributed by atoms with E-state index in [0.717, 1.165) is 40.6 Å². The van der Waals surface area contributed by atoms with E-state index < -0.39 is 0 Å². The van der Waals surface area contributed by atoms with E-state index >= 15 is 0 Å². The lowest BCUT2D eigenvalue weighted by Gasteiger charge is -2.36. The van der Waals surface area contributed by atoms with Crippen molar-refractivity contribution in [1.82, 2.24) is 24.6 Å². The van der Waals surface area contributed by atoms with Crippen LogP contribution in [0.4, 0.5) is 4.79 Å². The average Bonchev–Trinajstić information content (AvgIpc) is 3.52. The third-order valence-electron chi connectivity index (χ3n) is 6.89. The van der Waals surface area contributed by atoms with Gasteiger partial charge in [-0.15, -0.1) is 0 Å². The average molecular weight is 534 g/mol. The fourth-order valence-corrected chi connectivity index (χ4v) is 5.45. The molecule has 2 aliphatic rings. The van der Waals surface area contributed by atoms with Gasteiger partial charge in [0.25, 0.3) is 0 Å². The maximum atomic E-state index is 13.5. The van der Waals surface area contributed by atoms with Gasteiger partial charge in [0.2, 0.25) is 5.91 Å². The van der Waals surface area contributed by atoms with Crippen molar-refractivity contribution in [3.8, 4) is 11.1 Å². The molecule has 2 aliphatic heterocycles. The second kappa shape index (κ2) is 10.7. The fourth-order valence-electron chi connectivity index (χ4n) is 5.03. The number of halogens is 2. The number of rotatable bonds is 6. The highest BCUT2D eigenvalue weighted by Crippen LogP contribution is 2.42. The summed E-state index contributed by atoms with van der Waals surface area (Å²) in [6.45, 7) is 5.12. The minimum atomic E-state index is -0.378. The van der Waals surface area contributed by atoms with Gasteiger partial charge in [-0.1, -0.05) is 42.6 Å². The lowest BCUT2D eigenvalue weighted by Crippen LogP contribution is -2.51. The van der Waals surface area contributed by atoms with Gasteiger partial charge in [0.05, 0.1) is 54.2 Å². The summed E-state index contributed by atoms with van der Waals surface area (Å²) in [6.07, 6.45) is 5.16. The molecular formula is C25H29Cl2N5O4. The molecule has 0 aliphatic carbocycles. The molecule has 192 valence electrons. The number of carbonyl (C=O) groups is 2. The second-order valence-corrected chi connectivity index (χ2v) is 9.91. The first kappa shape index (κ1) is 24.9. The smallest absolute Gasteiger partial charge is 0.410 e. The predicted octanol–water partition coefficient (Wildman–Crippen LogP) is 4.71. The summed E-state index contributed by atoms with van der Waals surface area (Å²) in [7, 11) is 0. The van der Waals surface area contributed by atoms with Crippen LogP contribution in [0, 0.1) is 0 Å². The van der Waals surface area contributed by atoms with E-state index in [4.69, 9.17) is 32.7 Å². The number of aromatic amines is 1. The number of nitrogens with one attached hydrogen (secondary N) is 1. The molecule has 0 spiro atoms. The van der Waals surface area contributed by atoms with Crippen LogP contribution in [0.2, 0.25) is 10.0 Å². The first-order valence-electron chi connectivity index (χ1n) is 12.3. The Morgan fingerprint density at radius 2 is 2.11 bits per heavy atom. The van der Waals surface area contributed by atoms with E-state index in [1.165, 1.54) is 0 Å². The van der Waals surface area contributed by atoms with Crippen LogP contribution < -0.4 is 0 Å². The van der Waals surface area contributed by atoms with Crippen molar-refractivity contribution in [2.75, 3.05) is 32.9 Å². The Kier molecular flexibility index (Phi) is 7.41. The zero-order valence-electron chi connectivity index (χ0n) is 20.1. The highest BCUT2D eigenvalue weighted by atomic mass is 35.5. The molecule has 1 atom stereocenters. The van der Waals surface area contributed by atoms with Crippen molar-refractivity contribution < 1.29 is 19.1 Å². The van der Waals surface area contributed by atoms with Crippen molar-refractivity contribution in [2.24, 2.45) is 0 Å². The van der Waals surface area contributed by atoms with E-state index in [9.17, 15) is 9.59 Å². The fraction of sp³-hybridized carbons (Fsp3) is 0.480. The van der Waals surface area contributed by atoms with Gasteiger partial charge in [-0.3, -0.25) is 9.89 Å². The van der Waals surface area contributed by atoms with E-state index in [2.05, 4.69) is 14.8 Å². The summed E-state index contributed by atoms with van der Waals surface area (Å²) in [5, 5.41) is 8.96. The molecule has 1 saturated heterocycles. The monoisotopic (exact) mass is 533 g/mol. The lowest BCUT2D eigenvalue weighted by atomic mass is 10.0. The van der Waals surface area contributed by atoms with Gasteiger partial charge in [-0.05, 0) is 12.5 Å². The van der Waals surface area contributed by atoms with Gasteiger partial charge >= 0.3 is 6.09 Å². The summed E-state index contributed by atoms with van der Waals surface area (Å²) in [4.78, 5) is 29.6. The minimum Gasteiger partial charge on any atom is -0.449 e. The van der Waals surface area contributed by atoms with Crippen LogP contribution in [0.15, 0.2) is 24.5 Å². The molecule has 1 N–H and O–H groups in total. The molecule has 11 heteroatoms. The van der Waals surface area contributed by atoms with E-state index in [1.807, 2.05) is 24.1 Å². The number of H-pyrrole nitrogens is 1. The van der Waals surface area contributed by atoms with Gasteiger partial charge in [-0.25, -0.2) is 4.79 Å². The zero-order valence-corrected chi connectivity index (χ0v) is 21.6. The minimum absolute atomic E-state index is 0.0318. The van der Waals surface area contributed by atoms with Crippen LogP contribution in [-0.4, -0.2) is 75.5 Å². The standard InChI is InChI=1S/C25H29Cl2N5O4/c1-2-3-9-36-25(34)31-8-10-35-15-17(31)11-21(33)30-6-7-32-20(14-30)22(16-12-28-29-13-16)18-4-5-19(26)23(27)24(18)32/h4-5,12-13,17H,2-3,6-11,14-15H2,1H3,(H,28,29). The highest BCUT2D eigenvalue weighted by Gasteiger charge is 2.34. The molecule has 3 aromatic rings. The predicted molar refractivity (Wildman–Crippen MR) is 137 cm³/mol. The maximum absolute atomic E-state index is 13.5. The molecule has 2 amide bonds. The quantitative estimate of drug-likeness (QED) is 0.463. The Morgan fingerprint density at radius 3 is 2.89 bits per heavy atom. The molecule has 2 aromatic heterocycles. The summed E-state index contributed by atoms with van der Waals surface area (Å²) in [5.74, 6) is -0.0318. The molecular weight excluding hydrogens is 505 g/mol. The van der Waals surface area contributed by atoms with Gasteiger partial charge in [-0.2, -0.15) is 5.10 Å². The first-order chi connectivity index (χ1) is 17.5. The van der Waals surface area contributed by atoms with Crippen LogP contribution in [0.25, 0.3) is 22.0 Å². The molecule has 36 heavy (non-hydrogen) atoms. The van der Waals surface area contributed by atoms with Crippen molar-refractivity contribution in [1.29, 1.82) is 0 Å². The Morgan fingerprint density at radius 1 is 1.25 bits per heavy atom. The highest BCUT2D eigenvalue weighted by molar-refractivity contribution is 6.45. The van der Waals surface area contributed by atoms with Crippen LogP contribution in [0.1, 0.15) is 31.9 Å². The van der Waals surface area contributed by atoms with Gasteiger partial charge in [0, 0.05) is 54.5 Å². The normalized spacial score (nSPS) is 17.9. The van der Waals surface area contributed by atoms with E-state index in [0.29, 0.717) is 56.0 Å². The summed E-state index contributed by atoms with van der Waals surface area (Å²) < 4.78 is 13.2. The number of hydrogen-bond donors (Lipinski definition) is 1. The van der Waals surface area contributed by atoms with Crippen LogP contribution in [0.5, 0.6) is 0 Å². The lowest BCUT2D eigenvalue weighted by molar-refractivity contribution is -0.135. The maximum Gasteiger partial charge on any atom is 0.410 e. The molecule has 0 saturated carbocycles. The van der Waals surface area contributed by atoms with E-state index in [-0.39, 0.29) is 24.5 Å². The number of hydrogen-bond acceptors (Lipinski definition) is 5. The molecule has 0 radical (unpaired) electrons.